The van der Waals surface area contributed by atoms with Crippen LogP contribution in [0.2, 0.25) is 0 Å². The molecule has 0 spiro atoms. The van der Waals surface area contributed by atoms with E-state index in [4.69, 9.17) is 13.8 Å². The van der Waals surface area contributed by atoms with Gasteiger partial charge in [-0.15, -0.1) is 0 Å². The first-order chi connectivity index (χ1) is 39.4. The van der Waals surface area contributed by atoms with Gasteiger partial charge in [-0.25, -0.2) is 0 Å². The standard InChI is InChI=1S/C71H129N2O7P/c1-7-10-13-16-19-22-25-27-29-31-33-35-36-38-39-41-43-45-48-51-54-57-60-63-70(74)72-68(67-79-81(76,77)78-66-65-73(4,5)6)69(62-59-56-53-50-47-24-21-18-15-12-9-3)80-71(75)64-61-58-55-52-49-46-44-42-40-37-34-32-30-28-26-23-20-17-14-11-8-2/h11,14,20,23,27-30,34,37,42,44,59,62,68-69H,7-10,12-13,15-19,21-22,24-26,31-33,35-36,38-41,43,45-58,60-61,63-67H2,1-6H3,(H-,72,74,76,77)/b14-11-,23-20-,29-27+,30-28-,37-34-,44-42-,62-59+. The normalized spacial score (nSPS) is 14.1. The van der Waals surface area contributed by atoms with Crippen LogP contribution in [0.4, 0.5) is 0 Å². The van der Waals surface area contributed by atoms with E-state index in [9.17, 15) is 19.0 Å². The van der Waals surface area contributed by atoms with Gasteiger partial charge in [0.1, 0.15) is 19.3 Å². The van der Waals surface area contributed by atoms with Gasteiger partial charge in [0.05, 0.1) is 33.8 Å². The zero-order chi connectivity index (χ0) is 59.3. The Bertz CT molecular complexity index is 1660. The lowest BCUT2D eigenvalue weighted by Gasteiger charge is -2.30. The van der Waals surface area contributed by atoms with E-state index in [-0.39, 0.29) is 24.9 Å². The first kappa shape index (κ1) is 78.2. The third kappa shape index (κ3) is 61.6. The van der Waals surface area contributed by atoms with Crippen molar-refractivity contribution in [2.75, 3.05) is 40.9 Å². The maximum atomic E-state index is 13.6. The van der Waals surface area contributed by atoms with Crippen molar-refractivity contribution in [3.8, 4) is 0 Å². The first-order valence-electron chi connectivity index (χ1n) is 33.9. The number of ether oxygens (including phenoxy) is 1. The number of likely N-dealkylation sites (N-methyl/N-ethyl adjacent to an activating group) is 1. The molecule has 0 aromatic carbocycles. The number of phosphoric ester groups is 1. The number of esters is 1. The van der Waals surface area contributed by atoms with Crippen molar-refractivity contribution in [1.29, 1.82) is 0 Å². The summed E-state index contributed by atoms with van der Waals surface area (Å²) in [6.07, 6.45) is 79.9. The van der Waals surface area contributed by atoms with Crippen molar-refractivity contribution in [1.82, 2.24) is 5.32 Å². The Morgan fingerprint density at radius 1 is 0.444 bits per heavy atom. The van der Waals surface area contributed by atoms with Crippen LogP contribution in [0.5, 0.6) is 0 Å². The number of nitrogens with zero attached hydrogens (tertiary/aromatic N) is 1. The van der Waals surface area contributed by atoms with Crippen LogP contribution < -0.4 is 10.2 Å². The van der Waals surface area contributed by atoms with Crippen molar-refractivity contribution in [2.24, 2.45) is 0 Å². The maximum Gasteiger partial charge on any atom is 0.306 e. The summed E-state index contributed by atoms with van der Waals surface area (Å²) in [5, 5.41) is 3.03. The molecule has 3 atom stereocenters. The average Bonchev–Trinajstić information content (AvgIpc) is 3.43. The third-order valence-corrected chi connectivity index (χ3v) is 15.8. The molecule has 0 saturated carbocycles. The van der Waals surface area contributed by atoms with E-state index < -0.39 is 26.6 Å². The molecule has 10 heteroatoms. The van der Waals surface area contributed by atoms with Crippen LogP contribution in [0.1, 0.15) is 303 Å². The lowest BCUT2D eigenvalue weighted by Crippen LogP contribution is -2.47. The van der Waals surface area contributed by atoms with Crippen molar-refractivity contribution < 1.29 is 37.3 Å². The smallest absolute Gasteiger partial charge is 0.306 e. The molecule has 0 aliphatic carbocycles. The Balaban J connectivity index is 5.12. The molecule has 0 aromatic heterocycles. The third-order valence-electron chi connectivity index (χ3n) is 14.8. The Kier molecular flexibility index (Phi) is 58.2. The van der Waals surface area contributed by atoms with E-state index in [0.717, 1.165) is 103 Å². The molecule has 0 rings (SSSR count). The summed E-state index contributed by atoms with van der Waals surface area (Å²) in [6.45, 7) is 6.73. The Morgan fingerprint density at radius 2 is 0.790 bits per heavy atom. The summed E-state index contributed by atoms with van der Waals surface area (Å²) < 4.78 is 30.4. The van der Waals surface area contributed by atoms with Crippen molar-refractivity contribution >= 4 is 19.7 Å². The van der Waals surface area contributed by atoms with Crippen LogP contribution in [0.3, 0.4) is 0 Å². The van der Waals surface area contributed by atoms with Crippen molar-refractivity contribution in [3.63, 3.8) is 0 Å². The Morgan fingerprint density at radius 3 is 1.20 bits per heavy atom. The van der Waals surface area contributed by atoms with E-state index in [1.165, 1.54) is 161 Å². The fourth-order valence-corrected chi connectivity index (χ4v) is 10.3. The molecule has 0 aromatic rings. The summed E-state index contributed by atoms with van der Waals surface area (Å²) >= 11 is 0. The fourth-order valence-electron chi connectivity index (χ4n) is 9.60. The number of unbranched alkanes of at least 4 members (excludes halogenated alkanes) is 33. The van der Waals surface area contributed by atoms with Gasteiger partial charge < -0.3 is 28.5 Å². The molecule has 1 N–H and O–H groups in total. The van der Waals surface area contributed by atoms with Crippen molar-refractivity contribution in [3.05, 3.63) is 85.1 Å². The number of amides is 1. The molecule has 3 unspecified atom stereocenters. The van der Waals surface area contributed by atoms with Crippen LogP contribution >= 0.6 is 7.82 Å². The Hall–Kier alpha value is -2.81. The van der Waals surface area contributed by atoms with Gasteiger partial charge in [0, 0.05) is 12.8 Å². The molecule has 0 aliphatic heterocycles. The second-order valence-corrected chi connectivity index (χ2v) is 25.4. The highest BCUT2D eigenvalue weighted by molar-refractivity contribution is 7.45. The molecule has 1 amide bonds. The number of allylic oxidation sites excluding steroid dienone is 13. The number of carbonyl (C=O) groups excluding carboxylic acids is 2. The summed E-state index contributed by atoms with van der Waals surface area (Å²) in [7, 11) is 1.17. The molecule has 0 saturated heterocycles. The molecule has 470 valence electrons. The predicted octanol–water partition coefficient (Wildman–Crippen LogP) is 20.7. The first-order valence-corrected chi connectivity index (χ1v) is 35.4. The van der Waals surface area contributed by atoms with Crippen molar-refractivity contribution in [2.45, 2.75) is 315 Å². The van der Waals surface area contributed by atoms with E-state index >= 15 is 0 Å². The molecular formula is C71H129N2O7P. The largest absolute Gasteiger partial charge is 0.756 e. The summed E-state index contributed by atoms with van der Waals surface area (Å²) in [5.74, 6) is -0.559. The number of carbonyl (C=O) groups is 2. The highest BCUT2D eigenvalue weighted by atomic mass is 31.2. The SMILES string of the molecule is CC/C=C\C/C=C\C/C=C\C/C=C\C/C=C\CCCCCCCC(=O)OC(/C=C/CCCCCCCCCCC)C(COP(=O)([O-])OCC[N+](C)(C)C)NC(=O)CCCCCCCCCCCCCCC/C=C/CCCCCCCC. The number of phosphoric acid groups is 1. The van der Waals surface area contributed by atoms with Gasteiger partial charge in [0.2, 0.25) is 5.91 Å². The minimum Gasteiger partial charge on any atom is -0.756 e. The number of nitrogens with one attached hydrogen (secondary N) is 1. The zero-order valence-electron chi connectivity index (χ0n) is 53.7. The van der Waals surface area contributed by atoms with Gasteiger partial charge in [0.15, 0.2) is 0 Å². The number of hydrogen-bond donors (Lipinski definition) is 1. The maximum absolute atomic E-state index is 13.6. The molecule has 0 bridgehead atoms. The van der Waals surface area contributed by atoms with E-state index in [0.29, 0.717) is 23.9 Å². The minimum atomic E-state index is -4.71. The van der Waals surface area contributed by atoms with E-state index in [2.05, 4.69) is 99.0 Å². The monoisotopic (exact) mass is 1150 g/mol. The minimum absolute atomic E-state index is 0.0282. The quantitative estimate of drug-likeness (QED) is 0.0212. The van der Waals surface area contributed by atoms with Crippen LogP contribution in [0.15, 0.2) is 85.1 Å². The predicted molar refractivity (Wildman–Crippen MR) is 348 cm³/mol. The van der Waals surface area contributed by atoms with Gasteiger partial charge >= 0.3 is 5.97 Å². The highest BCUT2D eigenvalue weighted by Crippen LogP contribution is 2.38. The molecule has 0 fully saturated rings. The van der Waals surface area contributed by atoms with Crippen LogP contribution in [0.25, 0.3) is 0 Å². The zero-order valence-corrected chi connectivity index (χ0v) is 54.6. The fraction of sp³-hybridized carbons (Fsp3) is 0.775. The second-order valence-electron chi connectivity index (χ2n) is 23.9. The van der Waals surface area contributed by atoms with Crippen LogP contribution in [-0.2, 0) is 27.9 Å². The summed E-state index contributed by atoms with van der Waals surface area (Å²) in [4.78, 5) is 40.1. The number of quaternary nitrogens is 1. The van der Waals surface area contributed by atoms with Gasteiger partial charge in [0.25, 0.3) is 7.82 Å². The topological polar surface area (TPSA) is 114 Å². The van der Waals surface area contributed by atoms with Gasteiger partial charge in [-0.3, -0.25) is 14.2 Å². The molecule has 0 heterocycles. The lowest BCUT2D eigenvalue weighted by atomic mass is 10.0. The number of hydrogen-bond acceptors (Lipinski definition) is 7. The average molecular weight is 1150 g/mol. The van der Waals surface area contributed by atoms with E-state index in [1.54, 1.807) is 0 Å². The molecule has 9 nitrogen and oxygen atoms in total. The van der Waals surface area contributed by atoms with Gasteiger partial charge in [-0.2, -0.15) is 0 Å². The number of rotatable bonds is 61. The lowest BCUT2D eigenvalue weighted by molar-refractivity contribution is -0.870. The van der Waals surface area contributed by atoms with E-state index in [1.807, 2.05) is 33.3 Å². The molecule has 0 aliphatic rings. The summed E-state index contributed by atoms with van der Waals surface area (Å²) in [5.41, 5.74) is 0. The molecule has 0 radical (unpaired) electrons. The van der Waals surface area contributed by atoms with Gasteiger partial charge in [-0.05, 0) is 102 Å². The van der Waals surface area contributed by atoms with Gasteiger partial charge in [-0.1, -0.05) is 273 Å². The molecule has 81 heavy (non-hydrogen) atoms. The highest BCUT2D eigenvalue weighted by Gasteiger charge is 2.27. The second kappa shape index (κ2) is 60.3. The molecular weight excluding hydrogens is 1020 g/mol. The van der Waals surface area contributed by atoms with Crippen LogP contribution in [0, 0.1) is 0 Å². The Labute approximate surface area is 501 Å². The summed E-state index contributed by atoms with van der Waals surface area (Å²) in [6, 6.07) is -0.900. The van der Waals surface area contributed by atoms with Crippen LogP contribution in [-0.4, -0.2) is 69.4 Å².